The second-order valence-electron chi connectivity index (χ2n) is 5.92. The molecular weight excluding hydrogens is 330 g/mol. The molecule has 0 bridgehead atoms. The van der Waals surface area contributed by atoms with Crippen molar-refractivity contribution in [3.8, 4) is 0 Å². The van der Waals surface area contributed by atoms with Crippen LogP contribution in [0.2, 0.25) is 0 Å². The second kappa shape index (κ2) is 6.79. The number of aryl methyl sites for hydroxylation is 3. The monoisotopic (exact) mass is 347 g/mol. The molecule has 4 rings (SSSR count). The Morgan fingerprint density at radius 3 is 2.81 bits per heavy atom. The standard InChI is InChI=1S/C19H17N5O2/c1-13-12-16(23-26-13)18(25)22-19-21-15-7-2-3-8-17(15)24(19)11-9-14-6-4-5-10-20-14/h2-8,10,12H,9,11H2,1H3,(H,21,22,25). The van der Waals surface area contributed by atoms with Gasteiger partial charge in [0.25, 0.3) is 5.91 Å². The lowest BCUT2D eigenvalue weighted by molar-refractivity contribution is 0.101. The Labute approximate surface area is 149 Å². The van der Waals surface area contributed by atoms with Crippen LogP contribution >= 0.6 is 0 Å². The molecule has 0 aliphatic rings. The molecule has 0 aliphatic carbocycles. The molecular formula is C19H17N5O2. The number of carbonyl (C=O) groups is 1. The van der Waals surface area contributed by atoms with Crippen molar-refractivity contribution in [3.05, 3.63) is 71.9 Å². The SMILES string of the molecule is Cc1cc(C(=O)Nc2nc3ccccc3n2CCc2ccccn2)no1. The number of nitrogens with zero attached hydrogens (tertiary/aromatic N) is 4. The highest BCUT2D eigenvalue weighted by atomic mass is 16.5. The summed E-state index contributed by atoms with van der Waals surface area (Å²) in [7, 11) is 0. The fourth-order valence-corrected chi connectivity index (χ4v) is 2.81. The zero-order chi connectivity index (χ0) is 17.9. The van der Waals surface area contributed by atoms with Crippen LogP contribution in [0, 0.1) is 6.92 Å². The lowest BCUT2D eigenvalue weighted by Crippen LogP contribution is -2.17. The molecule has 0 radical (unpaired) electrons. The minimum Gasteiger partial charge on any atom is -0.361 e. The lowest BCUT2D eigenvalue weighted by Gasteiger charge is -2.09. The van der Waals surface area contributed by atoms with Gasteiger partial charge in [-0.05, 0) is 31.2 Å². The quantitative estimate of drug-likeness (QED) is 0.599. The Hall–Kier alpha value is -3.48. The minimum absolute atomic E-state index is 0.228. The van der Waals surface area contributed by atoms with Gasteiger partial charge in [-0.15, -0.1) is 0 Å². The molecule has 0 spiro atoms. The van der Waals surface area contributed by atoms with E-state index in [9.17, 15) is 4.79 Å². The Bertz CT molecular complexity index is 1050. The number of pyridine rings is 1. The van der Waals surface area contributed by atoms with E-state index < -0.39 is 0 Å². The Kier molecular flexibility index (Phi) is 4.18. The molecule has 7 nitrogen and oxygen atoms in total. The molecule has 0 saturated heterocycles. The number of hydrogen-bond donors (Lipinski definition) is 1. The Morgan fingerprint density at radius 2 is 2.04 bits per heavy atom. The van der Waals surface area contributed by atoms with E-state index in [4.69, 9.17) is 4.52 Å². The van der Waals surface area contributed by atoms with Crippen molar-refractivity contribution >= 4 is 22.9 Å². The van der Waals surface area contributed by atoms with E-state index in [1.54, 1.807) is 19.2 Å². The second-order valence-corrected chi connectivity index (χ2v) is 5.92. The number of rotatable bonds is 5. The van der Waals surface area contributed by atoms with E-state index in [-0.39, 0.29) is 11.6 Å². The van der Waals surface area contributed by atoms with E-state index in [2.05, 4.69) is 20.4 Å². The molecule has 130 valence electrons. The van der Waals surface area contributed by atoms with Crippen molar-refractivity contribution in [3.63, 3.8) is 0 Å². The van der Waals surface area contributed by atoms with Gasteiger partial charge < -0.3 is 9.09 Å². The van der Waals surface area contributed by atoms with Gasteiger partial charge in [0.05, 0.1) is 11.0 Å². The summed E-state index contributed by atoms with van der Waals surface area (Å²) < 4.78 is 6.95. The number of imidazole rings is 1. The van der Waals surface area contributed by atoms with E-state index in [1.807, 2.05) is 47.0 Å². The molecule has 1 N–H and O–H groups in total. The number of benzene rings is 1. The van der Waals surface area contributed by atoms with Gasteiger partial charge in [0.15, 0.2) is 5.69 Å². The molecule has 0 fully saturated rings. The number of hydrogen-bond acceptors (Lipinski definition) is 5. The number of para-hydroxylation sites is 2. The van der Waals surface area contributed by atoms with Crippen LogP contribution in [0.1, 0.15) is 21.9 Å². The van der Waals surface area contributed by atoms with Gasteiger partial charge in [0.1, 0.15) is 5.76 Å². The summed E-state index contributed by atoms with van der Waals surface area (Å²) in [6.45, 7) is 2.39. The molecule has 0 unspecified atom stereocenters. The zero-order valence-corrected chi connectivity index (χ0v) is 14.2. The molecule has 3 aromatic heterocycles. The first-order chi connectivity index (χ1) is 12.7. The average Bonchev–Trinajstić information content (AvgIpc) is 3.24. The summed E-state index contributed by atoms with van der Waals surface area (Å²) in [6, 6.07) is 15.2. The molecule has 26 heavy (non-hydrogen) atoms. The van der Waals surface area contributed by atoms with Gasteiger partial charge in [-0.2, -0.15) is 0 Å². The maximum Gasteiger partial charge on any atom is 0.280 e. The van der Waals surface area contributed by atoms with Gasteiger partial charge in [-0.3, -0.25) is 15.1 Å². The van der Waals surface area contributed by atoms with Crippen molar-refractivity contribution < 1.29 is 9.32 Å². The summed E-state index contributed by atoms with van der Waals surface area (Å²) in [4.78, 5) is 21.3. The van der Waals surface area contributed by atoms with Gasteiger partial charge in [0, 0.05) is 30.9 Å². The summed E-state index contributed by atoms with van der Waals surface area (Å²) >= 11 is 0. The molecule has 0 aliphatic heterocycles. The molecule has 4 aromatic rings. The molecule has 7 heteroatoms. The number of amides is 1. The van der Waals surface area contributed by atoms with Gasteiger partial charge in [-0.25, -0.2) is 4.98 Å². The van der Waals surface area contributed by atoms with Crippen molar-refractivity contribution in [1.82, 2.24) is 19.7 Å². The van der Waals surface area contributed by atoms with Crippen LogP contribution in [0.4, 0.5) is 5.95 Å². The average molecular weight is 347 g/mol. The van der Waals surface area contributed by atoms with E-state index in [0.29, 0.717) is 18.3 Å². The van der Waals surface area contributed by atoms with E-state index in [0.717, 1.165) is 23.1 Å². The minimum atomic E-state index is -0.351. The van der Waals surface area contributed by atoms with Crippen LogP contribution in [0.15, 0.2) is 59.3 Å². The third kappa shape index (κ3) is 3.19. The van der Waals surface area contributed by atoms with Gasteiger partial charge in [0.2, 0.25) is 5.95 Å². The first kappa shape index (κ1) is 16.0. The smallest absolute Gasteiger partial charge is 0.280 e. The molecule has 0 saturated carbocycles. The summed E-state index contributed by atoms with van der Waals surface area (Å²) in [5.74, 6) is 0.711. The number of anilines is 1. The van der Waals surface area contributed by atoms with Crippen molar-refractivity contribution in [2.75, 3.05) is 5.32 Å². The van der Waals surface area contributed by atoms with Gasteiger partial charge in [-0.1, -0.05) is 23.4 Å². The van der Waals surface area contributed by atoms with Crippen LogP contribution in [-0.2, 0) is 13.0 Å². The van der Waals surface area contributed by atoms with Gasteiger partial charge >= 0.3 is 0 Å². The molecule has 1 amide bonds. The molecule has 1 aromatic carbocycles. The first-order valence-corrected chi connectivity index (χ1v) is 8.30. The third-order valence-electron chi connectivity index (χ3n) is 4.06. The first-order valence-electron chi connectivity index (χ1n) is 8.30. The maximum atomic E-state index is 12.4. The van der Waals surface area contributed by atoms with Crippen LogP contribution in [-0.4, -0.2) is 25.6 Å². The highest BCUT2D eigenvalue weighted by Crippen LogP contribution is 2.20. The summed E-state index contributed by atoms with van der Waals surface area (Å²) in [5, 5.41) is 6.59. The molecule has 3 heterocycles. The van der Waals surface area contributed by atoms with E-state index in [1.165, 1.54) is 0 Å². The van der Waals surface area contributed by atoms with E-state index >= 15 is 0 Å². The topological polar surface area (TPSA) is 85.8 Å². The fourth-order valence-electron chi connectivity index (χ4n) is 2.81. The predicted octanol–water partition coefficient (Wildman–Crippen LogP) is 3.22. The van der Waals surface area contributed by atoms with Crippen molar-refractivity contribution in [2.24, 2.45) is 0 Å². The largest absolute Gasteiger partial charge is 0.361 e. The predicted molar refractivity (Wildman–Crippen MR) is 96.9 cm³/mol. The van der Waals surface area contributed by atoms with Crippen molar-refractivity contribution in [2.45, 2.75) is 19.9 Å². The summed E-state index contributed by atoms with van der Waals surface area (Å²) in [5.41, 5.74) is 2.98. The maximum absolute atomic E-state index is 12.4. The zero-order valence-electron chi connectivity index (χ0n) is 14.2. The highest BCUT2D eigenvalue weighted by Gasteiger charge is 2.16. The Morgan fingerprint density at radius 1 is 1.19 bits per heavy atom. The normalized spacial score (nSPS) is 11.0. The fraction of sp³-hybridized carbons (Fsp3) is 0.158. The number of aromatic nitrogens is 4. The lowest BCUT2D eigenvalue weighted by atomic mass is 10.2. The van der Waals surface area contributed by atoms with Crippen LogP contribution in [0.3, 0.4) is 0 Å². The number of nitrogens with one attached hydrogen (secondary N) is 1. The van der Waals surface area contributed by atoms with Crippen LogP contribution < -0.4 is 5.32 Å². The third-order valence-corrected chi connectivity index (χ3v) is 4.06. The van der Waals surface area contributed by atoms with Crippen LogP contribution in [0.5, 0.6) is 0 Å². The highest BCUT2D eigenvalue weighted by molar-refractivity contribution is 6.02. The number of fused-ring (bicyclic) bond motifs is 1. The van der Waals surface area contributed by atoms with Crippen LogP contribution in [0.25, 0.3) is 11.0 Å². The molecule has 0 atom stereocenters. The van der Waals surface area contributed by atoms with Crippen molar-refractivity contribution in [1.29, 1.82) is 0 Å². The summed E-state index contributed by atoms with van der Waals surface area (Å²) in [6.07, 6.45) is 2.50. The Balaban J connectivity index is 1.64. The number of carbonyl (C=O) groups excluding carboxylic acids is 1.